The molecule has 5 heteroatoms. The number of hydrogen-bond acceptors (Lipinski definition) is 4. The van der Waals surface area contributed by atoms with Gasteiger partial charge in [0, 0.05) is 23.4 Å². The number of benzene rings is 1. The molecular formula is C13H19FN2OS. The zero-order valence-corrected chi connectivity index (χ0v) is 11.5. The van der Waals surface area contributed by atoms with Crippen LogP contribution < -0.4 is 15.8 Å². The van der Waals surface area contributed by atoms with Crippen molar-refractivity contribution >= 4 is 23.1 Å². The SMILES string of the molecule is COc1cc(NC2CCCC2SC)c(F)cc1N. The lowest BCUT2D eigenvalue weighted by molar-refractivity contribution is 0.416. The maximum absolute atomic E-state index is 13.8. The summed E-state index contributed by atoms with van der Waals surface area (Å²) in [6.45, 7) is 0. The number of rotatable bonds is 4. The third-order valence-electron chi connectivity index (χ3n) is 3.42. The van der Waals surface area contributed by atoms with E-state index in [0.717, 1.165) is 6.42 Å². The molecule has 0 aromatic heterocycles. The number of nitrogen functional groups attached to an aromatic ring is 1. The van der Waals surface area contributed by atoms with E-state index in [4.69, 9.17) is 10.5 Å². The minimum atomic E-state index is -0.319. The number of nitrogens with one attached hydrogen (secondary N) is 1. The van der Waals surface area contributed by atoms with Gasteiger partial charge in [0.25, 0.3) is 0 Å². The maximum Gasteiger partial charge on any atom is 0.148 e. The van der Waals surface area contributed by atoms with Crippen molar-refractivity contribution in [3.8, 4) is 5.75 Å². The van der Waals surface area contributed by atoms with Crippen molar-refractivity contribution in [3.63, 3.8) is 0 Å². The molecule has 0 radical (unpaired) electrons. The van der Waals surface area contributed by atoms with E-state index in [2.05, 4.69) is 11.6 Å². The van der Waals surface area contributed by atoms with Gasteiger partial charge in [-0.1, -0.05) is 6.42 Å². The fraction of sp³-hybridized carbons (Fsp3) is 0.538. The molecule has 18 heavy (non-hydrogen) atoms. The molecule has 1 aliphatic rings. The molecular weight excluding hydrogens is 251 g/mol. The lowest BCUT2D eigenvalue weighted by atomic mass is 10.2. The summed E-state index contributed by atoms with van der Waals surface area (Å²) < 4.78 is 19.0. The van der Waals surface area contributed by atoms with Crippen LogP contribution in [0.3, 0.4) is 0 Å². The van der Waals surface area contributed by atoms with Crippen LogP contribution in [0, 0.1) is 5.82 Å². The summed E-state index contributed by atoms with van der Waals surface area (Å²) >= 11 is 1.84. The van der Waals surface area contributed by atoms with E-state index < -0.39 is 0 Å². The minimum Gasteiger partial charge on any atom is -0.495 e. The first kappa shape index (κ1) is 13.3. The third-order valence-corrected chi connectivity index (χ3v) is 4.59. The zero-order chi connectivity index (χ0) is 13.1. The highest BCUT2D eigenvalue weighted by Crippen LogP contribution is 2.34. The summed E-state index contributed by atoms with van der Waals surface area (Å²) in [7, 11) is 1.54. The molecule has 3 N–H and O–H groups in total. The van der Waals surface area contributed by atoms with Gasteiger partial charge < -0.3 is 15.8 Å². The van der Waals surface area contributed by atoms with E-state index in [1.165, 1.54) is 26.0 Å². The van der Waals surface area contributed by atoms with Gasteiger partial charge in [0.2, 0.25) is 0 Å². The summed E-state index contributed by atoms with van der Waals surface area (Å²) in [6, 6.07) is 3.27. The summed E-state index contributed by atoms with van der Waals surface area (Å²) in [6.07, 6.45) is 5.56. The van der Waals surface area contributed by atoms with Crippen molar-refractivity contribution in [1.29, 1.82) is 0 Å². The molecule has 2 unspecified atom stereocenters. The summed E-state index contributed by atoms with van der Waals surface area (Å²) in [5.74, 6) is 0.192. The topological polar surface area (TPSA) is 47.3 Å². The molecule has 0 amide bonds. The van der Waals surface area contributed by atoms with E-state index >= 15 is 0 Å². The largest absolute Gasteiger partial charge is 0.495 e. The highest BCUT2D eigenvalue weighted by Gasteiger charge is 2.27. The first-order chi connectivity index (χ1) is 8.65. The number of methoxy groups -OCH3 is 1. The lowest BCUT2D eigenvalue weighted by Crippen LogP contribution is -2.26. The highest BCUT2D eigenvalue weighted by molar-refractivity contribution is 7.99. The monoisotopic (exact) mass is 270 g/mol. The molecule has 1 aromatic carbocycles. The lowest BCUT2D eigenvalue weighted by Gasteiger charge is -2.21. The first-order valence-electron chi connectivity index (χ1n) is 6.08. The maximum atomic E-state index is 13.8. The van der Waals surface area contributed by atoms with E-state index in [-0.39, 0.29) is 5.82 Å². The van der Waals surface area contributed by atoms with Crippen LogP contribution in [0.4, 0.5) is 15.8 Å². The van der Waals surface area contributed by atoms with Crippen LogP contribution >= 0.6 is 11.8 Å². The predicted octanol–water partition coefficient (Wildman–Crippen LogP) is 3.11. The molecule has 2 rings (SSSR count). The Morgan fingerprint density at radius 1 is 1.44 bits per heavy atom. The van der Waals surface area contributed by atoms with Crippen LogP contribution in [0.15, 0.2) is 12.1 Å². The molecule has 0 saturated heterocycles. The normalized spacial score (nSPS) is 23.1. The van der Waals surface area contributed by atoms with Crippen LogP contribution in [-0.4, -0.2) is 24.7 Å². The molecule has 1 saturated carbocycles. The molecule has 2 atom stereocenters. The number of hydrogen-bond donors (Lipinski definition) is 2. The number of halogens is 1. The van der Waals surface area contributed by atoms with Crippen molar-refractivity contribution in [2.24, 2.45) is 0 Å². The van der Waals surface area contributed by atoms with Crippen molar-refractivity contribution in [3.05, 3.63) is 17.9 Å². The molecule has 100 valence electrons. The molecule has 0 aliphatic heterocycles. The summed E-state index contributed by atoms with van der Waals surface area (Å²) in [5.41, 5.74) is 6.47. The molecule has 1 aliphatic carbocycles. The fourth-order valence-electron chi connectivity index (χ4n) is 2.43. The summed E-state index contributed by atoms with van der Waals surface area (Å²) in [4.78, 5) is 0. The van der Waals surface area contributed by atoms with Crippen molar-refractivity contribution in [1.82, 2.24) is 0 Å². The molecule has 0 heterocycles. The van der Waals surface area contributed by atoms with E-state index in [9.17, 15) is 4.39 Å². The average Bonchev–Trinajstić information content (AvgIpc) is 2.79. The molecule has 1 aromatic rings. The molecule has 0 spiro atoms. The van der Waals surface area contributed by atoms with E-state index in [1.54, 1.807) is 6.07 Å². The number of anilines is 2. The van der Waals surface area contributed by atoms with Crippen molar-refractivity contribution in [2.45, 2.75) is 30.6 Å². The van der Waals surface area contributed by atoms with Gasteiger partial charge in [-0.05, 0) is 19.1 Å². The van der Waals surface area contributed by atoms with Crippen LogP contribution in [-0.2, 0) is 0 Å². The second-order valence-electron chi connectivity index (χ2n) is 4.53. The Hall–Kier alpha value is -1.10. The van der Waals surface area contributed by atoms with Crippen LogP contribution in [0.5, 0.6) is 5.75 Å². The van der Waals surface area contributed by atoms with Crippen LogP contribution in [0.25, 0.3) is 0 Å². The van der Waals surface area contributed by atoms with Gasteiger partial charge in [0.05, 0.1) is 18.5 Å². The molecule has 1 fully saturated rings. The van der Waals surface area contributed by atoms with Gasteiger partial charge >= 0.3 is 0 Å². The van der Waals surface area contributed by atoms with Gasteiger partial charge in [-0.3, -0.25) is 0 Å². The third kappa shape index (κ3) is 2.66. The second kappa shape index (κ2) is 5.69. The van der Waals surface area contributed by atoms with Crippen molar-refractivity contribution < 1.29 is 9.13 Å². The second-order valence-corrected chi connectivity index (χ2v) is 5.61. The van der Waals surface area contributed by atoms with Crippen LogP contribution in [0.1, 0.15) is 19.3 Å². The standard InChI is InChI=1S/C13H19FN2OS/c1-17-12-7-11(8(14)6-9(12)15)16-10-4-3-5-13(10)18-2/h6-7,10,13,16H,3-5,15H2,1-2H3. The van der Waals surface area contributed by atoms with E-state index in [0.29, 0.717) is 28.4 Å². The van der Waals surface area contributed by atoms with Gasteiger partial charge in [-0.25, -0.2) is 4.39 Å². The van der Waals surface area contributed by atoms with E-state index in [1.807, 2.05) is 11.8 Å². The predicted molar refractivity (Wildman–Crippen MR) is 75.9 cm³/mol. The Morgan fingerprint density at radius 2 is 2.22 bits per heavy atom. The number of nitrogens with two attached hydrogens (primary N) is 1. The summed E-state index contributed by atoms with van der Waals surface area (Å²) in [5, 5.41) is 3.83. The van der Waals surface area contributed by atoms with Gasteiger partial charge in [0.15, 0.2) is 0 Å². The van der Waals surface area contributed by atoms with Gasteiger partial charge in [0.1, 0.15) is 11.6 Å². The zero-order valence-electron chi connectivity index (χ0n) is 10.7. The average molecular weight is 270 g/mol. The van der Waals surface area contributed by atoms with Gasteiger partial charge in [-0.2, -0.15) is 11.8 Å². The number of thioether (sulfide) groups is 1. The smallest absolute Gasteiger partial charge is 0.148 e. The molecule has 3 nitrogen and oxygen atoms in total. The minimum absolute atomic E-state index is 0.319. The Labute approximate surface area is 111 Å². The van der Waals surface area contributed by atoms with Gasteiger partial charge in [-0.15, -0.1) is 0 Å². The Balaban J connectivity index is 2.18. The molecule has 0 bridgehead atoms. The van der Waals surface area contributed by atoms with Crippen molar-refractivity contribution in [2.75, 3.05) is 24.4 Å². The highest BCUT2D eigenvalue weighted by atomic mass is 32.2. The Morgan fingerprint density at radius 3 is 2.89 bits per heavy atom. The Bertz CT molecular complexity index is 428. The quantitative estimate of drug-likeness (QED) is 0.825. The Kier molecular flexibility index (Phi) is 4.22. The number of ether oxygens (including phenoxy) is 1. The van der Waals surface area contributed by atoms with Crippen LogP contribution in [0.2, 0.25) is 0 Å². The fourth-order valence-corrected chi connectivity index (χ4v) is 3.36. The first-order valence-corrected chi connectivity index (χ1v) is 7.37.